The molecule has 0 saturated heterocycles. The van der Waals surface area contributed by atoms with Crippen molar-refractivity contribution in [3.8, 4) is 0 Å². The molecular formula is C10H16N2. The van der Waals surface area contributed by atoms with Gasteiger partial charge in [0.25, 0.3) is 0 Å². The van der Waals surface area contributed by atoms with Gasteiger partial charge in [-0.3, -0.25) is 0 Å². The second-order valence-electron chi connectivity index (χ2n) is 3.08. The maximum atomic E-state index is 5.62. The minimum atomic E-state index is 1.06. The average Bonchev–Trinajstić information content (AvgIpc) is 2.05. The van der Waals surface area contributed by atoms with Gasteiger partial charge in [-0.25, -0.2) is 5.84 Å². The van der Waals surface area contributed by atoms with E-state index < -0.39 is 0 Å². The Hall–Kier alpha value is -1.02. The molecule has 0 aliphatic heterocycles. The number of hydrogen-bond donors (Lipinski definition) is 1. The van der Waals surface area contributed by atoms with Crippen molar-refractivity contribution in [2.24, 2.45) is 5.84 Å². The summed E-state index contributed by atoms with van der Waals surface area (Å²) in [5, 5.41) is 1.64. The van der Waals surface area contributed by atoms with Gasteiger partial charge in [0.2, 0.25) is 0 Å². The Bertz CT molecular complexity index is 267. The number of hydrogen-bond acceptors (Lipinski definition) is 2. The van der Waals surface area contributed by atoms with Gasteiger partial charge >= 0.3 is 0 Å². The molecule has 0 unspecified atom stereocenters. The van der Waals surface area contributed by atoms with E-state index in [0.717, 1.165) is 12.1 Å². The lowest BCUT2D eigenvalue weighted by molar-refractivity contribution is 1.00. The molecule has 1 aromatic carbocycles. The van der Waals surface area contributed by atoms with E-state index in [-0.39, 0.29) is 0 Å². The third-order valence-electron chi connectivity index (χ3n) is 2.12. The number of nitrogens with zero attached hydrogens (tertiary/aromatic N) is 1. The molecule has 0 aliphatic carbocycles. The van der Waals surface area contributed by atoms with E-state index in [1.165, 1.54) is 11.1 Å². The van der Waals surface area contributed by atoms with Crippen molar-refractivity contribution in [3.63, 3.8) is 0 Å². The third kappa shape index (κ3) is 1.77. The first kappa shape index (κ1) is 9.07. The fraction of sp³-hybridized carbons (Fsp3) is 0.400. The maximum Gasteiger partial charge on any atom is 0.0516 e. The monoisotopic (exact) mass is 164 g/mol. The van der Waals surface area contributed by atoms with Gasteiger partial charge in [0.05, 0.1) is 5.69 Å². The Labute approximate surface area is 74.0 Å². The van der Waals surface area contributed by atoms with E-state index in [1.54, 1.807) is 5.01 Å². The second-order valence-corrected chi connectivity index (χ2v) is 3.08. The molecule has 1 aromatic rings. The van der Waals surface area contributed by atoms with Gasteiger partial charge in [-0.05, 0) is 36.6 Å². The third-order valence-corrected chi connectivity index (χ3v) is 2.12. The molecule has 12 heavy (non-hydrogen) atoms. The molecule has 0 atom stereocenters. The van der Waals surface area contributed by atoms with E-state index >= 15 is 0 Å². The first-order chi connectivity index (χ1) is 5.65. The van der Waals surface area contributed by atoms with Gasteiger partial charge in [0.15, 0.2) is 0 Å². The minimum absolute atomic E-state index is 1.06. The van der Waals surface area contributed by atoms with Crippen LogP contribution in [0.5, 0.6) is 0 Å². The van der Waals surface area contributed by atoms with Crippen LogP contribution in [0.25, 0.3) is 0 Å². The predicted molar refractivity (Wildman–Crippen MR) is 53.1 cm³/mol. The molecule has 0 aliphatic rings. The fourth-order valence-electron chi connectivity index (χ4n) is 1.26. The summed E-state index contributed by atoms with van der Waals surface area (Å²) in [6.07, 6.45) is 1.06. The van der Waals surface area contributed by atoms with Gasteiger partial charge in [0, 0.05) is 7.05 Å². The SMILES string of the molecule is CCc1cc(N(C)N)ccc1C. The van der Waals surface area contributed by atoms with E-state index in [2.05, 4.69) is 26.0 Å². The highest BCUT2D eigenvalue weighted by Crippen LogP contribution is 2.16. The second kappa shape index (κ2) is 3.59. The highest BCUT2D eigenvalue weighted by atomic mass is 15.4. The van der Waals surface area contributed by atoms with E-state index in [4.69, 9.17) is 5.84 Å². The van der Waals surface area contributed by atoms with Crippen molar-refractivity contribution in [1.82, 2.24) is 0 Å². The van der Waals surface area contributed by atoms with Crippen molar-refractivity contribution >= 4 is 5.69 Å². The quantitative estimate of drug-likeness (QED) is 0.534. The Morgan fingerprint density at radius 3 is 2.58 bits per heavy atom. The number of anilines is 1. The van der Waals surface area contributed by atoms with Crippen molar-refractivity contribution in [1.29, 1.82) is 0 Å². The summed E-state index contributed by atoms with van der Waals surface area (Å²) in [6.45, 7) is 4.28. The zero-order valence-electron chi connectivity index (χ0n) is 7.96. The van der Waals surface area contributed by atoms with E-state index in [1.807, 2.05) is 13.1 Å². The minimum Gasteiger partial charge on any atom is -0.314 e. The molecule has 0 aromatic heterocycles. The van der Waals surface area contributed by atoms with Crippen LogP contribution in [0, 0.1) is 6.92 Å². The normalized spacial score (nSPS) is 10.0. The lowest BCUT2D eigenvalue weighted by atomic mass is 10.1. The molecule has 1 rings (SSSR count). The molecule has 66 valence electrons. The first-order valence-corrected chi connectivity index (χ1v) is 4.23. The zero-order chi connectivity index (χ0) is 9.14. The van der Waals surface area contributed by atoms with Crippen LogP contribution >= 0.6 is 0 Å². The van der Waals surface area contributed by atoms with Crippen LogP contribution in [0.1, 0.15) is 18.1 Å². The van der Waals surface area contributed by atoms with Gasteiger partial charge in [-0.1, -0.05) is 13.0 Å². The highest BCUT2D eigenvalue weighted by molar-refractivity contribution is 5.49. The lowest BCUT2D eigenvalue weighted by Gasteiger charge is -2.14. The Morgan fingerprint density at radius 1 is 1.42 bits per heavy atom. The summed E-state index contributed by atoms with van der Waals surface area (Å²) in [5.74, 6) is 5.62. The standard InChI is InChI=1S/C10H16N2/c1-4-9-7-10(12(3)11)6-5-8(9)2/h5-7H,4,11H2,1-3H3. The summed E-state index contributed by atoms with van der Waals surface area (Å²) in [7, 11) is 1.85. The molecule has 0 amide bonds. The Morgan fingerprint density at radius 2 is 2.08 bits per heavy atom. The van der Waals surface area contributed by atoms with Crippen LogP contribution in [0.15, 0.2) is 18.2 Å². The van der Waals surface area contributed by atoms with Crippen molar-refractivity contribution in [3.05, 3.63) is 29.3 Å². The average molecular weight is 164 g/mol. The summed E-state index contributed by atoms with van der Waals surface area (Å²) < 4.78 is 0. The van der Waals surface area contributed by atoms with E-state index in [0.29, 0.717) is 0 Å². The topological polar surface area (TPSA) is 29.3 Å². The van der Waals surface area contributed by atoms with Crippen molar-refractivity contribution < 1.29 is 0 Å². The molecule has 0 heterocycles. The summed E-state index contributed by atoms with van der Waals surface area (Å²) >= 11 is 0. The zero-order valence-corrected chi connectivity index (χ0v) is 7.96. The molecule has 2 nitrogen and oxygen atoms in total. The molecule has 2 heteroatoms. The van der Waals surface area contributed by atoms with Gasteiger partial charge in [0.1, 0.15) is 0 Å². The van der Waals surface area contributed by atoms with E-state index in [9.17, 15) is 0 Å². The fourth-order valence-corrected chi connectivity index (χ4v) is 1.26. The number of aryl methyl sites for hydroxylation is 2. The number of benzene rings is 1. The number of rotatable bonds is 2. The summed E-state index contributed by atoms with van der Waals surface area (Å²) in [5.41, 5.74) is 3.77. The molecule has 0 bridgehead atoms. The van der Waals surface area contributed by atoms with Crippen molar-refractivity contribution in [2.45, 2.75) is 20.3 Å². The molecule has 0 saturated carbocycles. The van der Waals surface area contributed by atoms with Gasteiger partial charge < -0.3 is 5.01 Å². The predicted octanol–water partition coefficient (Wildman–Crippen LogP) is 1.87. The first-order valence-electron chi connectivity index (χ1n) is 4.23. The van der Waals surface area contributed by atoms with Gasteiger partial charge in [-0.2, -0.15) is 0 Å². The Balaban J connectivity index is 3.05. The van der Waals surface area contributed by atoms with Crippen LogP contribution < -0.4 is 10.9 Å². The van der Waals surface area contributed by atoms with Crippen LogP contribution in [0.2, 0.25) is 0 Å². The molecule has 0 radical (unpaired) electrons. The summed E-state index contributed by atoms with van der Waals surface area (Å²) in [4.78, 5) is 0. The lowest BCUT2D eigenvalue weighted by Crippen LogP contribution is -2.25. The highest BCUT2D eigenvalue weighted by Gasteiger charge is 1.99. The smallest absolute Gasteiger partial charge is 0.0516 e. The molecular weight excluding hydrogens is 148 g/mol. The van der Waals surface area contributed by atoms with Crippen LogP contribution in [-0.2, 0) is 6.42 Å². The van der Waals surface area contributed by atoms with Crippen LogP contribution in [-0.4, -0.2) is 7.05 Å². The van der Waals surface area contributed by atoms with Gasteiger partial charge in [-0.15, -0.1) is 0 Å². The van der Waals surface area contributed by atoms with Crippen LogP contribution in [0.4, 0.5) is 5.69 Å². The number of nitrogens with two attached hydrogens (primary N) is 1. The summed E-state index contributed by atoms with van der Waals surface area (Å²) in [6, 6.07) is 6.28. The molecule has 0 spiro atoms. The molecule has 2 N–H and O–H groups in total. The van der Waals surface area contributed by atoms with Crippen LogP contribution in [0.3, 0.4) is 0 Å². The maximum absolute atomic E-state index is 5.62. The largest absolute Gasteiger partial charge is 0.314 e. The number of hydrazine groups is 1. The Kier molecular flexibility index (Phi) is 2.71. The van der Waals surface area contributed by atoms with Crippen molar-refractivity contribution in [2.75, 3.05) is 12.1 Å². The molecule has 0 fully saturated rings.